The number of rotatable bonds is 3. The topological polar surface area (TPSA) is 76.3 Å². The van der Waals surface area contributed by atoms with E-state index in [0.717, 1.165) is 37.5 Å². The Morgan fingerprint density at radius 2 is 1.87 bits per heavy atom. The molecule has 5 aliphatic rings. The van der Waals surface area contributed by atoms with Gasteiger partial charge in [-0.05, 0) is 80.7 Å². The van der Waals surface area contributed by atoms with Gasteiger partial charge in [-0.3, -0.25) is 14.6 Å². The number of carbonyl (C=O) groups is 2. The maximum absolute atomic E-state index is 13.5. The second-order valence-electron chi connectivity index (χ2n) is 10.9. The third-order valence-corrected chi connectivity index (χ3v) is 8.82. The van der Waals surface area contributed by atoms with Crippen LogP contribution < -0.4 is 5.73 Å². The lowest BCUT2D eigenvalue weighted by Crippen LogP contribution is -2.71. The molecular weight excluding hydrogens is 374 g/mol. The van der Waals surface area contributed by atoms with E-state index in [9.17, 15) is 9.59 Å². The van der Waals surface area contributed by atoms with E-state index in [2.05, 4.69) is 48.0 Å². The molecule has 5 heteroatoms. The highest BCUT2D eigenvalue weighted by molar-refractivity contribution is 5.94. The van der Waals surface area contributed by atoms with E-state index in [-0.39, 0.29) is 29.3 Å². The van der Waals surface area contributed by atoms with Gasteiger partial charge < -0.3 is 10.6 Å². The van der Waals surface area contributed by atoms with Crippen LogP contribution in [-0.4, -0.2) is 27.7 Å². The summed E-state index contributed by atoms with van der Waals surface area (Å²) in [5.74, 6) is 1.52. The molecule has 2 aromatic rings. The Kier molecular flexibility index (Phi) is 3.57. The molecule has 3 unspecified atom stereocenters. The lowest BCUT2D eigenvalue weighted by atomic mass is 9.46. The first-order valence-corrected chi connectivity index (χ1v) is 11.3. The van der Waals surface area contributed by atoms with E-state index in [1.54, 1.807) is 0 Å². The van der Waals surface area contributed by atoms with Crippen molar-refractivity contribution >= 4 is 22.6 Å². The number of hydrogen-bond donors (Lipinski definition) is 1. The highest BCUT2D eigenvalue weighted by Crippen LogP contribution is 2.64. The Labute approximate surface area is 177 Å². The summed E-state index contributed by atoms with van der Waals surface area (Å²) in [5, 5.41) is 2.29. The molecule has 4 aliphatic carbocycles. The molecule has 156 valence electrons. The summed E-state index contributed by atoms with van der Waals surface area (Å²) in [4.78, 5) is 32.3. The molecule has 2 N–H and O–H groups in total. The Hall–Kier alpha value is -2.43. The monoisotopic (exact) mass is 403 g/mol. The fourth-order valence-electron chi connectivity index (χ4n) is 7.83. The van der Waals surface area contributed by atoms with E-state index in [4.69, 9.17) is 5.73 Å². The van der Waals surface area contributed by atoms with E-state index >= 15 is 0 Å². The molecule has 6 atom stereocenters. The molecule has 2 amide bonds. The molecule has 4 bridgehead atoms. The predicted molar refractivity (Wildman–Crippen MR) is 114 cm³/mol. The number of amides is 2. The van der Waals surface area contributed by atoms with Crippen molar-refractivity contribution in [2.45, 2.75) is 58.0 Å². The third kappa shape index (κ3) is 2.21. The van der Waals surface area contributed by atoms with Gasteiger partial charge in [0.1, 0.15) is 0 Å². The van der Waals surface area contributed by atoms with E-state index in [1.807, 2.05) is 12.4 Å². The van der Waals surface area contributed by atoms with Gasteiger partial charge >= 0.3 is 0 Å². The fourth-order valence-corrected chi connectivity index (χ4v) is 7.83. The second-order valence-corrected chi connectivity index (χ2v) is 10.9. The lowest BCUT2D eigenvalue weighted by molar-refractivity contribution is -0.198. The molecule has 0 spiro atoms. The first-order valence-electron chi connectivity index (χ1n) is 11.3. The average Bonchev–Trinajstić information content (AvgIpc) is 2.71. The van der Waals surface area contributed by atoms with Gasteiger partial charge in [-0.15, -0.1) is 0 Å². The van der Waals surface area contributed by atoms with Gasteiger partial charge in [0.05, 0.1) is 11.5 Å². The van der Waals surface area contributed by atoms with Crippen LogP contribution in [0.4, 0.5) is 0 Å². The van der Waals surface area contributed by atoms with E-state index < -0.39 is 5.41 Å². The number of benzene rings is 1. The van der Waals surface area contributed by atoms with Crippen molar-refractivity contribution in [1.29, 1.82) is 0 Å². The Balaban J connectivity index is 1.42. The molecule has 7 rings (SSSR count). The largest absolute Gasteiger partial charge is 0.369 e. The molecular formula is C25H29N3O2. The first kappa shape index (κ1) is 18.3. The van der Waals surface area contributed by atoms with Gasteiger partial charge in [-0.25, -0.2) is 0 Å². The van der Waals surface area contributed by atoms with Crippen LogP contribution in [0, 0.1) is 28.6 Å². The zero-order valence-electron chi connectivity index (χ0n) is 17.7. The van der Waals surface area contributed by atoms with Gasteiger partial charge in [-0.2, -0.15) is 0 Å². The van der Waals surface area contributed by atoms with Crippen molar-refractivity contribution in [1.82, 2.24) is 9.88 Å². The molecule has 2 heterocycles. The zero-order chi connectivity index (χ0) is 20.8. The number of hydrogen-bond acceptors (Lipinski definition) is 3. The van der Waals surface area contributed by atoms with Gasteiger partial charge in [0.2, 0.25) is 11.8 Å². The highest BCUT2D eigenvalue weighted by atomic mass is 16.2. The van der Waals surface area contributed by atoms with Crippen molar-refractivity contribution in [3.8, 4) is 0 Å². The minimum atomic E-state index is -0.423. The van der Waals surface area contributed by atoms with Crippen molar-refractivity contribution < 1.29 is 9.59 Å². The molecule has 1 aromatic carbocycles. The summed E-state index contributed by atoms with van der Waals surface area (Å²) >= 11 is 0. The predicted octanol–water partition coefficient (Wildman–Crippen LogP) is 3.82. The average molecular weight is 404 g/mol. The SMILES string of the molecule is CC1(C)C(=O)N([C@@H]2C3CC4C[C@H]2C[C@@](C(N)=O)(C4)C3)C1c1cccc2cnccc12. The maximum atomic E-state index is 13.5. The summed E-state index contributed by atoms with van der Waals surface area (Å²) in [6, 6.07) is 8.70. The van der Waals surface area contributed by atoms with Gasteiger partial charge in [0.15, 0.2) is 0 Å². The summed E-state index contributed by atoms with van der Waals surface area (Å²) < 4.78 is 0. The van der Waals surface area contributed by atoms with E-state index in [0.29, 0.717) is 17.8 Å². The Morgan fingerprint density at radius 1 is 1.13 bits per heavy atom. The summed E-state index contributed by atoms with van der Waals surface area (Å²) in [6.45, 7) is 4.16. The molecule has 0 radical (unpaired) electrons. The van der Waals surface area contributed by atoms with Crippen LogP contribution in [0.5, 0.6) is 0 Å². The number of carbonyl (C=O) groups excluding carboxylic acids is 2. The number of nitrogens with zero attached hydrogens (tertiary/aromatic N) is 2. The maximum Gasteiger partial charge on any atom is 0.231 e. The lowest BCUT2D eigenvalue weighted by Gasteiger charge is -2.66. The van der Waals surface area contributed by atoms with Crippen LogP contribution in [0.1, 0.15) is 57.6 Å². The zero-order valence-corrected chi connectivity index (χ0v) is 17.7. The molecule has 5 fully saturated rings. The second kappa shape index (κ2) is 5.83. The van der Waals surface area contributed by atoms with Crippen molar-refractivity contribution in [3.05, 3.63) is 42.2 Å². The standard InChI is InChI=1S/C25H29N3O2/c1-24(2)21(19-5-3-4-15-13-27-7-6-18(15)19)28(23(24)30)20-16-8-14-9-17(20)12-25(10-14,11-16)22(26)29/h3-7,13-14,16-17,20-21H,8-12H2,1-2H3,(H2,26,29)/t14?,16-,17?,20-,21?,25-/m0/s1. The number of primary amides is 1. The number of fused-ring (bicyclic) bond motifs is 1. The normalized spacial score (nSPS) is 38.7. The van der Waals surface area contributed by atoms with Crippen LogP contribution >= 0.6 is 0 Å². The van der Waals surface area contributed by atoms with Crippen LogP contribution in [0.2, 0.25) is 0 Å². The van der Waals surface area contributed by atoms with Gasteiger partial charge in [-0.1, -0.05) is 18.2 Å². The molecule has 1 aliphatic heterocycles. The number of aromatic nitrogens is 1. The molecule has 1 saturated heterocycles. The number of pyridine rings is 1. The van der Waals surface area contributed by atoms with Crippen molar-refractivity contribution in [2.75, 3.05) is 0 Å². The van der Waals surface area contributed by atoms with Gasteiger partial charge in [0.25, 0.3) is 0 Å². The minimum Gasteiger partial charge on any atom is -0.369 e. The van der Waals surface area contributed by atoms with E-state index in [1.165, 1.54) is 10.9 Å². The third-order valence-electron chi connectivity index (χ3n) is 8.82. The summed E-state index contributed by atoms with van der Waals surface area (Å²) in [5.41, 5.74) is 6.36. The van der Waals surface area contributed by atoms with Crippen molar-refractivity contribution in [3.63, 3.8) is 0 Å². The molecule has 5 nitrogen and oxygen atoms in total. The van der Waals surface area contributed by atoms with Crippen LogP contribution in [-0.2, 0) is 9.59 Å². The summed E-state index contributed by atoms with van der Waals surface area (Å²) in [7, 11) is 0. The molecule has 4 saturated carbocycles. The Morgan fingerprint density at radius 3 is 2.57 bits per heavy atom. The number of likely N-dealkylation sites (tertiary alicyclic amines) is 1. The number of nitrogens with two attached hydrogens (primary N) is 1. The quantitative estimate of drug-likeness (QED) is 0.792. The molecule has 30 heavy (non-hydrogen) atoms. The minimum absolute atomic E-state index is 0.0585. The van der Waals surface area contributed by atoms with Crippen molar-refractivity contribution in [2.24, 2.45) is 34.3 Å². The first-order chi connectivity index (χ1) is 14.3. The van der Waals surface area contributed by atoms with Crippen LogP contribution in [0.3, 0.4) is 0 Å². The number of β-lactam (4-membered cyclic amide) rings is 1. The van der Waals surface area contributed by atoms with Crippen LogP contribution in [0.15, 0.2) is 36.7 Å². The summed E-state index contributed by atoms with van der Waals surface area (Å²) in [6.07, 6.45) is 8.67. The van der Waals surface area contributed by atoms with Crippen LogP contribution in [0.25, 0.3) is 10.8 Å². The Bertz CT molecular complexity index is 1060. The highest BCUT2D eigenvalue weighted by Gasteiger charge is 2.65. The smallest absolute Gasteiger partial charge is 0.231 e. The fraction of sp³-hybridized carbons (Fsp3) is 0.560. The van der Waals surface area contributed by atoms with Gasteiger partial charge in [0, 0.05) is 29.2 Å². The molecule has 1 aromatic heterocycles.